The molecule has 1 aliphatic heterocycles. The zero-order valence-electron chi connectivity index (χ0n) is 20.9. The van der Waals surface area contributed by atoms with Crippen molar-refractivity contribution in [1.29, 1.82) is 0 Å². The Kier molecular flexibility index (Phi) is 6.21. The molecule has 0 radical (unpaired) electrons. The zero-order valence-corrected chi connectivity index (χ0v) is 22.5. The Morgan fingerprint density at radius 1 is 1.08 bits per heavy atom. The van der Waals surface area contributed by atoms with E-state index in [1.807, 2.05) is 73.1 Å². The predicted octanol–water partition coefficient (Wildman–Crippen LogP) is 6.79. The number of ketones is 1. The number of nitrogens with one attached hydrogen (secondary N) is 1. The van der Waals surface area contributed by atoms with E-state index in [-0.39, 0.29) is 11.4 Å². The van der Waals surface area contributed by atoms with Gasteiger partial charge in [0.15, 0.2) is 5.76 Å². The average Bonchev–Trinajstić information content (AvgIpc) is 3.69. The van der Waals surface area contributed by atoms with Gasteiger partial charge in [-0.05, 0) is 48.9 Å². The van der Waals surface area contributed by atoms with E-state index < -0.39 is 17.7 Å². The third kappa shape index (κ3) is 4.06. The minimum atomic E-state index is -0.651. The van der Waals surface area contributed by atoms with E-state index in [0.29, 0.717) is 23.5 Å². The second-order valence-electron chi connectivity index (χ2n) is 9.37. The van der Waals surface area contributed by atoms with Gasteiger partial charge in [0.2, 0.25) is 5.78 Å². The number of thiazole rings is 1. The maximum absolute atomic E-state index is 14.0. The fourth-order valence-corrected chi connectivity index (χ4v) is 7.14. The topological polar surface area (TPSA) is 86.3 Å². The van der Waals surface area contributed by atoms with Gasteiger partial charge in [-0.2, -0.15) is 0 Å². The molecule has 4 heterocycles. The lowest BCUT2D eigenvalue weighted by atomic mass is 9.98. The molecule has 6 nitrogen and oxygen atoms in total. The van der Waals surface area contributed by atoms with Crippen LogP contribution in [0.15, 0.2) is 83.6 Å². The monoisotopic (exact) mass is 539 g/mol. The number of carbonyl (C=O) groups excluding carboxylic acids is 2. The number of aliphatic hydroxyl groups excluding tert-OH is 1. The third-order valence-corrected chi connectivity index (χ3v) is 9.30. The standard InChI is InChI=1S/C30H25N3O3S2/c1-17-13-15-37-27(17)24-23(25(34)28-18(2)32-29(38-28)19-8-4-3-5-9-19)26(35)30(36)33(24)14-12-20-16-31-22-11-7-6-10-21(20)22/h3-11,13,15-16,24,31,35H,12,14H2,1-2H3. The van der Waals surface area contributed by atoms with Gasteiger partial charge in [0.25, 0.3) is 5.91 Å². The van der Waals surface area contributed by atoms with Crippen LogP contribution in [-0.2, 0) is 11.2 Å². The highest BCUT2D eigenvalue weighted by Crippen LogP contribution is 2.43. The Bertz CT molecular complexity index is 1710. The number of Topliss-reactive ketones (excluding diaryl/α,β-unsaturated/α-hetero) is 1. The van der Waals surface area contributed by atoms with Gasteiger partial charge in [-0.25, -0.2) is 4.98 Å². The number of nitrogens with zero attached hydrogens (tertiary/aromatic N) is 2. The number of rotatable bonds is 7. The molecule has 190 valence electrons. The number of aromatic amines is 1. The number of benzene rings is 2. The zero-order chi connectivity index (χ0) is 26.4. The fourth-order valence-electron chi connectivity index (χ4n) is 5.07. The van der Waals surface area contributed by atoms with Crippen molar-refractivity contribution in [3.63, 3.8) is 0 Å². The Labute approximate surface area is 227 Å². The van der Waals surface area contributed by atoms with Crippen LogP contribution in [0.1, 0.15) is 37.4 Å². The minimum Gasteiger partial charge on any atom is -0.503 e. The van der Waals surface area contributed by atoms with Crippen molar-refractivity contribution in [1.82, 2.24) is 14.9 Å². The summed E-state index contributed by atoms with van der Waals surface area (Å²) in [6, 6.07) is 19.1. The lowest BCUT2D eigenvalue weighted by Crippen LogP contribution is -2.33. The van der Waals surface area contributed by atoms with Crippen LogP contribution in [0.25, 0.3) is 21.5 Å². The van der Waals surface area contributed by atoms with Crippen LogP contribution >= 0.6 is 22.7 Å². The summed E-state index contributed by atoms with van der Waals surface area (Å²) in [5, 5.41) is 14.9. The molecule has 38 heavy (non-hydrogen) atoms. The maximum atomic E-state index is 14.0. The molecule has 0 aliphatic carbocycles. The Morgan fingerprint density at radius 3 is 2.61 bits per heavy atom. The van der Waals surface area contributed by atoms with Crippen molar-refractivity contribution in [3.8, 4) is 10.6 Å². The van der Waals surface area contributed by atoms with E-state index in [1.54, 1.807) is 11.8 Å². The molecular formula is C30H25N3O3S2. The molecule has 1 atom stereocenters. The molecule has 1 amide bonds. The van der Waals surface area contributed by atoms with E-state index in [9.17, 15) is 14.7 Å². The molecule has 0 bridgehead atoms. The van der Waals surface area contributed by atoms with Crippen molar-refractivity contribution in [2.75, 3.05) is 6.54 Å². The van der Waals surface area contributed by atoms with Crippen LogP contribution in [-0.4, -0.2) is 38.2 Å². The van der Waals surface area contributed by atoms with E-state index in [4.69, 9.17) is 0 Å². The first-order chi connectivity index (χ1) is 18.4. The van der Waals surface area contributed by atoms with E-state index >= 15 is 0 Å². The molecule has 0 spiro atoms. The normalized spacial score (nSPS) is 15.7. The molecule has 8 heteroatoms. The molecule has 0 saturated heterocycles. The Hall–Kier alpha value is -4.01. The molecule has 6 rings (SSSR count). The highest BCUT2D eigenvalue weighted by atomic mass is 32.1. The fraction of sp³-hybridized carbons (Fsp3) is 0.167. The number of hydrogen-bond donors (Lipinski definition) is 2. The van der Waals surface area contributed by atoms with Crippen molar-refractivity contribution in [2.24, 2.45) is 0 Å². The van der Waals surface area contributed by atoms with Crippen LogP contribution in [0.4, 0.5) is 0 Å². The van der Waals surface area contributed by atoms with Crippen molar-refractivity contribution in [3.05, 3.63) is 110 Å². The molecule has 5 aromatic rings. The number of hydrogen-bond acceptors (Lipinski definition) is 6. The van der Waals surface area contributed by atoms with Crippen LogP contribution in [0.5, 0.6) is 0 Å². The summed E-state index contributed by atoms with van der Waals surface area (Å²) in [5.74, 6) is -1.34. The SMILES string of the molecule is Cc1ccsc1C1C(C(=O)c2sc(-c3ccccc3)nc2C)=C(O)C(=O)N1CCc1c[nH]c2ccccc12. The van der Waals surface area contributed by atoms with Gasteiger partial charge in [0.1, 0.15) is 5.01 Å². The molecule has 1 aliphatic rings. The Balaban J connectivity index is 1.37. The number of fused-ring (bicyclic) bond motifs is 1. The summed E-state index contributed by atoms with van der Waals surface area (Å²) in [5.41, 5.74) is 4.74. The lowest BCUT2D eigenvalue weighted by Gasteiger charge is -2.26. The number of amides is 1. The summed E-state index contributed by atoms with van der Waals surface area (Å²) >= 11 is 2.79. The predicted molar refractivity (Wildman–Crippen MR) is 152 cm³/mol. The summed E-state index contributed by atoms with van der Waals surface area (Å²) in [6.07, 6.45) is 2.55. The van der Waals surface area contributed by atoms with Gasteiger partial charge in [-0.15, -0.1) is 22.7 Å². The van der Waals surface area contributed by atoms with Crippen LogP contribution < -0.4 is 0 Å². The van der Waals surface area contributed by atoms with Gasteiger partial charge < -0.3 is 15.0 Å². The first-order valence-corrected chi connectivity index (χ1v) is 14.0. The van der Waals surface area contributed by atoms with Crippen LogP contribution in [0, 0.1) is 13.8 Å². The van der Waals surface area contributed by atoms with Crippen molar-refractivity contribution < 1.29 is 14.7 Å². The van der Waals surface area contributed by atoms with Gasteiger partial charge in [-0.3, -0.25) is 9.59 Å². The molecule has 2 N–H and O–H groups in total. The summed E-state index contributed by atoms with van der Waals surface area (Å²) in [6.45, 7) is 4.13. The number of para-hydroxylation sites is 1. The van der Waals surface area contributed by atoms with Crippen molar-refractivity contribution >= 4 is 45.3 Å². The molecule has 1 unspecified atom stereocenters. The average molecular weight is 540 g/mol. The highest BCUT2D eigenvalue weighted by molar-refractivity contribution is 7.17. The molecule has 0 saturated carbocycles. The first kappa shape index (κ1) is 24.3. The van der Waals surface area contributed by atoms with Crippen LogP contribution in [0.2, 0.25) is 0 Å². The first-order valence-electron chi connectivity index (χ1n) is 12.3. The van der Waals surface area contributed by atoms with E-state index in [1.165, 1.54) is 22.7 Å². The molecule has 2 aromatic carbocycles. The van der Waals surface area contributed by atoms with E-state index in [2.05, 4.69) is 16.0 Å². The van der Waals surface area contributed by atoms with Crippen LogP contribution in [0.3, 0.4) is 0 Å². The Morgan fingerprint density at radius 2 is 1.84 bits per heavy atom. The number of aliphatic hydroxyl groups is 1. The minimum absolute atomic E-state index is 0.130. The summed E-state index contributed by atoms with van der Waals surface area (Å²) in [4.78, 5) is 38.3. The number of aromatic nitrogens is 2. The largest absolute Gasteiger partial charge is 0.503 e. The van der Waals surface area contributed by atoms with E-state index in [0.717, 1.165) is 37.5 Å². The second-order valence-corrected chi connectivity index (χ2v) is 11.3. The highest BCUT2D eigenvalue weighted by Gasteiger charge is 2.45. The summed E-state index contributed by atoms with van der Waals surface area (Å²) < 4.78 is 0. The van der Waals surface area contributed by atoms with Gasteiger partial charge in [0, 0.05) is 34.1 Å². The quantitative estimate of drug-likeness (QED) is 0.223. The van der Waals surface area contributed by atoms with Crippen molar-refractivity contribution in [2.45, 2.75) is 26.3 Å². The van der Waals surface area contributed by atoms with Gasteiger partial charge >= 0.3 is 0 Å². The molecule has 3 aromatic heterocycles. The second kappa shape index (κ2) is 9.70. The lowest BCUT2D eigenvalue weighted by molar-refractivity contribution is -0.129. The van der Waals surface area contributed by atoms with Gasteiger partial charge in [-0.1, -0.05) is 48.5 Å². The van der Waals surface area contributed by atoms with Gasteiger partial charge in [0.05, 0.1) is 22.2 Å². The number of thiophene rings is 1. The third-order valence-electron chi connectivity index (χ3n) is 7.02. The number of H-pyrrole nitrogens is 1. The number of carbonyl (C=O) groups is 2. The molecule has 0 fully saturated rings. The number of aryl methyl sites for hydroxylation is 2. The molecular weight excluding hydrogens is 514 g/mol. The smallest absolute Gasteiger partial charge is 0.290 e. The maximum Gasteiger partial charge on any atom is 0.290 e. The summed E-state index contributed by atoms with van der Waals surface area (Å²) in [7, 11) is 0.